The van der Waals surface area contributed by atoms with Gasteiger partial charge in [-0.05, 0) is 19.1 Å². The van der Waals surface area contributed by atoms with Gasteiger partial charge in [0.25, 0.3) is 0 Å². The third-order valence-corrected chi connectivity index (χ3v) is 3.75. The van der Waals surface area contributed by atoms with Crippen molar-refractivity contribution in [1.82, 2.24) is 4.98 Å². The lowest BCUT2D eigenvalue weighted by Gasteiger charge is -2.10. The van der Waals surface area contributed by atoms with Gasteiger partial charge in [-0.1, -0.05) is 24.3 Å². The third-order valence-electron chi connectivity index (χ3n) is 3.75. The normalized spacial score (nSPS) is 12.5. The zero-order valence-corrected chi connectivity index (χ0v) is 12.2. The number of nitrogens with two attached hydrogens (primary N) is 1. The molecule has 0 amide bonds. The van der Waals surface area contributed by atoms with Gasteiger partial charge < -0.3 is 10.2 Å². The van der Waals surface area contributed by atoms with Crippen molar-refractivity contribution in [3.63, 3.8) is 0 Å². The van der Waals surface area contributed by atoms with Gasteiger partial charge in [0.2, 0.25) is 0 Å². The lowest BCUT2D eigenvalue weighted by atomic mass is 10.1. The maximum Gasteiger partial charge on any atom is 0.155 e. The molecule has 1 aliphatic carbocycles. The maximum atomic E-state index is 6.14. The van der Waals surface area contributed by atoms with Gasteiger partial charge in [-0.3, -0.25) is 4.99 Å². The minimum atomic E-state index is 0.692. The predicted octanol–water partition coefficient (Wildman–Crippen LogP) is 3.59. The van der Waals surface area contributed by atoms with Gasteiger partial charge in [0.15, 0.2) is 11.3 Å². The summed E-state index contributed by atoms with van der Waals surface area (Å²) in [5, 5.41) is 2.90. The molecular weight excluding hydrogens is 274 g/mol. The van der Waals surface area contributed by atoms with Crippen molar-refractivity contribution in [2.24, 2.45) is 4.99 Å². The molecule has 108 valence electrons. The lowest BCUT2D eigenvalue weighted by molar-refractivity contribution is 0.613. The van der Waals surface area contributed by atoms with Gasteiger partial charge >= 0.3 is 0 Å². The molecule has 0 radical (unpaired) electrons. The van der Waals surface area contributed by atoms with Crippen LogP contribution in [0.15, 0.2) is 57.9 Å². The van der Waals surface area contributed by atoms with E-state index < -0.39 is 0 Å². The zero-order valence-electron chi connectivity index (χ0n) is 12.2. The highest BCUT2D eigenvalue weighted by molar-refractivity contribution is 6.09. The summed E-state index contributed by atoms with van der Waals surface area (Å²) in [6, 6.07) is 15.6. The molecule has 1 aliphatic heterocycles. The molecule has 0 aromatic heterocycles. The molecule has 4 rings (SSSR count). The molecule has 4 heteroatoms. The van der Waals surface area contributed by atoms with E-state index in [9.17, 15) is 0 Å². The van der Waals surface area contributed by atoms with Crippen LogP contribution in [-0.2, 0) is 0 Å². The minimum absolute atomic E-state index is 0.692. The average Bonchev–Trinajstić information content (AvgIpc) is 2.54. The Morgan fingerprint density at radius 3 is 2.73 bits per heavy atom. The van der Waals surface area contributed by atoms with Crippen LogP contribution in [0.4, 0.5) is 5.69 Å². The lowest BCUT2D eigenvalue weighted by Crippen LogP contribution is -2.03. The number of hydrogen-bond donors (Lipinski definition) is 1. The fourth-order valence-electron chi connectivity index (χ4n) is 2.75. The predicted molar refractivity (Wildman–Crippen MR) is 88.7 cm³/mol. The molecule has 0 saturated carbocycles. The van der Waals surface area contributed by atoms with Gasteiger partial charge in [-0.25, -0.2) is 4.98 Å². The molecule has 4 nitrogen and oxygen atoms in total. The smallest absolute Gasteiger partial charge is 0.155 e. The first-order chi connectivity index (χ1) is 10.8. The van der Waals surface area contributed by atoms with Crippen LogP contribution in [0.25, 0.3) is 33.3 Å². The largest absolute Gasteiger partial charge is 0.453 e. The van der Waals surface area contributed by atoms with Crippen molar-refractivity contribution < 1.29 is 4.42 Å². The summed E-state index contributed by atoms with van der Waals surface area (Å²) in [7, 11) is 0. The van der Waals surface area contributed by atoms with E-state index in [1.54, 1.807) is 0 Å². The Balaban J connectivity index is 2.14. The van der Waals surface area contributed by atoms with Crippen LogP contribution < -0.4 is 11.1 Å². The van der Waals surface area contributed by atoms with E-state index in [0.29, 0.717) is 11.3 Å². The fraction of sp³-hybridized carbons (Fsp3) is 0.111. The second-order valence-electron chi connectivity index (χ2n) is 5.20. The highest BCUT2D eigenvalue weighted by Crippen LogP contribution is 2.32. The number of hydrogen-bond acceptors (Lipinski definition) is 4. The van der Waals surface area contributed by atoms with Crippen molar-refractivity contribution in [1.29, 1.82) is 0 Å². The number of nitrogen functional groups attached to an aromatic ring is 1. The van der Waals surface area contributed by atoms with E-state index in [2.05, 4.69) is 4.99 Å². The number of rotatable bonds is 1. The molecule has 2 N–H and O–H groups in total. The molecule has 2 aliphatic rings. The van der Waals surface area contributed by atoms with Crippen molar-refractivity contribution in [3.05, 3.63) is 53.9 Å². The molecule has 0 saturated heterocycles. The van der Waals surface area contributed by atoms with Gasteiger partial charge in [-0.15, -0.1) is 0 Å². The molecule has 0 bridgehead atoms. The Labute approximate surface area is 127 Å². The standard InChI is InChI=1S/C18H15N3O/c1-2-20-11-7-8-15-16(9-11)22-17-10-14(19)12-5-3-4-6-13(12)18(17)21-15/h3-10H,2,19H2,1H3/b20-11+. The summed E-state index contributed by atoms with van der Waals surface area (Å²) in [6.07, 6.45) is 0. The first-order valence-corrected chi connectivity index (χ1v) is 7.28. The van der Waals surface area contributed by atoms with Crippen LogP contribution >= 0.6 is 0 Å². The Bertz CT molecular complexity index is 1030. The van der Waals surface area contributed by atoms with E-state index in [1.807, 2.05) is 55.5 Å². The van der Waals surface area contributed by atoms with Crippen molar-refractivity contribution in [3.8, 4) is 11.5 Å². The Morgan fingerprint density at radius 2 is 1.91 bits per heavy atom. The summed E-state index contributed by atoms with van der Waals surface area (Å²) in [4.78, 5) is 9.15. The van der Waals surface area contributed by atoms with Crippen LogP contribution in [0.1, 0.15) is 6.92 Å². The van der Waals surface area contributed by atoms with E-state index in [4.69, 9.17) is 15.1 Å². The molecule has 0 fully saturated rings. The highest BCUT2D eigenvalue weighted by Gasteiger charge is 2.12. The van der Waals surface area contributed by atoms with Crippen LogP contribution in [-0.4, -0.2) is 11.5 Å². The highest BCUT2D eigenvalue weighted by atomic mass is 16.3. The molecule has 0 spiro atoms. The Kier molecular flexibility index (Phi) is 2.82. The topological polar surface area (TPSA) is 64.4 Å². The number of anilines is 1. The van der Waals surface area contributed by atoms with Gasteiger partial charge in [0, 0.05) is 35.1 Å². The molecule has 0 unspecified atom stereocenters. The van der Waals surface area contributed by atoms with Crippen LogP contribution in [0.5, 0.6) is 0 Å². The van der Waals surface area contributed by atoms with Crippen molar-refractivity contribution >= 4 is 27.6 Å². The van der Waals surface area contributed by atoms with Crippen molar-refractivity contribution in [2.75, 3.05) is 12.3 Å². The fourth-order valence-corrected chi connectivity index (χ4v) is 2.75. The summed E-state index contributed by atoms with van der Waals surface area (Å²) in [5.41, 5.74) is 9.17. The van der Waals surface area contributed by atoms with E-state index in [-0.39, 0.29) is 0 Å². The van der Waals surface area contributed by atoms with Crippen LogP contribution in [0.3, 0.4) is 0 Å². The average molecular weight is 289 g/mol. The van der Waals surface area contributed by atoms with E-state index in [0.717, 1.165) is 39.6 Å². The zero-order chi connectivity index (χ0) is 15.1. The van der Waals surface area contributed by atoms with E-state index in [1.165, 1.54) is 0 Å². The Hall–Kier alpha value is -2.88. The van der Waals surface area contributed by atoms with E-state index >= 15 is 0 Å². The number of nitrogens with zero attached hydrogens (tertiary/aromatic N) is 2. The van der Waals surface area contributed by atoms with Crippen LogP contribution in [0.2, 0.25) is 0 Å². The first kappa shape index (κ1) is 12.8. The van der Waals surface area contributed by atoms with Gasteiger partial charge in [0.1, 0.15) is 11.2 Å². The summed E-state index contributed by atoms with van der Waals surface area (Å²) < 4.78 is 6.02. The number of aromatic nitrogens is 1. The second-order valence-corrected chi connectivity index (χ2v) is 5.20. The molecule has 22 heavy (non-hydrogen) atoms. The summed E-state index contributed by atoms with van der Waals surface area (Å²) in [6.45, 7) is 2.75. The third kappa shape index (κ3) is 1.92. The summed E-state index contributed by atoms with van der Waals surface area (Å²) >= 11 is 0. The molecular formula is C18H15N3O. The minimum Gasteiger partial charge on any atom is -0.453 e. The number of benzene rings is 3. The summed E-state index contributed by atoms with van der Waals surface area (Å²) in [5.74, 6) is 0.719. The monoisotopic (exact) mass is 289 g/mol. The molecule has 2 aromatic rings. The molecule has 2 aromatic carbocycles. The second kappa shape index (κ2) is 4.84. The first-order valence-electron chi connectivity index (χ1n) is 7.28. The SMILES string of the molecule is CC/N=c1\ccc2nc3c(cc(N)c4ccccc43)oc-2c1. The molecule has 1 heterocycles. The van der Waals surface area contributed by atoms with Gasteiger partial charge in [0.05, 0.1) is 5.36 Å². The number of fused-ring (bicyclic) bond motifs is 4. The maximum absolute atomic E-state index is 6.14. The Morgan fingerprint density at radius 1 is 1.09 bits per heavy atom. The quantitative estimate of drug-likeness (QED) is 0.331. The van der Waals surface area contributed by atoms with Gasteiger partial charge in [-0.2, -0.15) is 0 Å². The molecule has 0 atom stereocenters. The van der Waals surface area contributed by atoms with Crippen molar-refractivity contribution in [2.45, 2.75) is 6.92 Å². The van der Waals surface area contributed by atoms with Crippen LogP contribution in [0, 0.1) is 0 Å².